The lowest BCUT2D eigenvalue weighted by atomic mass is 9.92. The third-order valence-electron chi connectivity index (χ3n) is 5.33. The first-order valence-corrected chi connectivity index (χ1v) is 10.7. The van der Waals surface area contributed by atoms with E-state index >= 15 is 0 Å². The highest BCUT2D eigenvalue weighted by Crippen LogP contribution is 2.25. The number of hydrogen-bond donors (Lipinski definition) is 0. The van der Waals surface area contributed by atoms with Gasteiger partial charge in [-0.3, -0.25) is 9.79 Å². The van der Waals surface area contributed by atoms with Gasteiger partial charge in [-0.1, -0.05) is 36.4 Å². The average molecular weight is 445 g/mol. The lowest BCUT2D eigenvalue weighted by molar-refractivity contribution is -0.132. The minimum absolute atomic E-state index is 0.146. The van der Waals surface area contributed by atoms with Crippen molar-refractivity contribution in [3.05, 3.63) is 65.7 Å². The van der Waals surface area contributed by atoms with Crippen molar-refractivity contribution in [3.8, 4) is 11.5 Å². The molecule has 170 valence electrons. The Morgan fingerprint density at radius 3 is 2.27 bits per heavy atom. The first-order valence-electron chi connectivity index (χ1n) is 10.7. The van der Waals surface area contributed by atoms with Gasteiger partial charge in [-0.05, 0) is 52.5 Å². The van der Waals surface area contributed by atoms with E-state index < -0.39 is 12.1 Å². The van der Waals surface area contributed by atoms with E-state index in [0.717, 1.165) is 16.3 Å². The van der Waals surface area contributed by atoms with Crippen LogP contribution < -0.4 is 14.9 Å². The average Bonchev–Trinajstić information content (AvgIpc) is 2.85. The van der Waals surface area contributed by atoms with Crippen LogP contribution in [0, 0.1) is 0 Å². The van der Waals surface area contributed by atoms with Crippen LogP contribution >= 0.6 is 0 Å². The molecule has 2 atom stereocenters. The summed E-state index contributed by atoms with van der Waals surface area (Å²) < 4.78 is 21.6. The van der Waals surface area contributed by atoms with E-state index in [1.54, 1.807) is 32.4 Å². The van der Waals surface area contributed by atoms with Crippen LogP contribution in [0.3, 0.4) is 0 Å². The molecule has 0 saturated carbocycles. The quantitative estimate of drug-likeness (QED) is 0.257. The van der Waals surface area contributed by atoms with Gasteiger partial charge in [0.25, 0.3) is 0 Å². The molecule has 3 aromatic carbocycles. The van der Waals surface area contributed by atoms with E-state index in [1.165, 1.54) is 14.2 Å². The molecule has 33 heavy (non-hydrogen) atoms. The molecule has 0 aliphatic rings. The van der Waals surface area contributed by atoms with E-state index in [-0.39, 0.29) is 5.78 Å². The topological polar surface area (TPSA) is 66.4 Å². The third-order valence-corrected chi connectivity index (χ3v) is 5.33. The van der Waals surface area contributed by atoms with Gasteiger partial charge < -0.3 is 18.9 Å². The Morgan fingerprint density at radius 1 is 0.970 bits per heavy atom. The van der Waals surface area contributed by atoms with Crippen molar-refractivity contribution in [1.29, 1.82) is 0 Å². The summed E-state index contributed by atoms with van der Waals surface area (Å²) in [6, 6.07) is 16.7. The van der Waals surface area contributed by atoms with E-state index in [1.807, 2.05) is 42.5 Å². The molecule has 6 nitrogen and oxygen atoms in total. The Kier molecular flexibility index (Phi) is 8.63. The van der Waals surface area contributed by atoms with Crippen molar-refractivity contribution in [1.82, 2.24) is 0 Å². The normalized spacial score (nSPS) is 13.2. The summed E-state index contributed by atoms with van der Waals surface area (Å²) >= 11 is 0. The van der Waals surface area contributed by atoms with Crippen molar-refractivity contribution in [2.45, 2.75) is 19.1 Å². The summed E-state index contributed by atoms with van der Waals surface area (Å²) in [6.45, 7) is 2.43. The highest BCUT2D eigenvalue weighted by atomic mass is 16.5. The second-order valence-electron chi connectivity index (χ2n) is 7.55. The molecule has 1 unspecified atom stereocenters. The molecule has 0 aliphatic heterocycles. The molecule has 3 aromatic rings. The number of fused-ring (bicyclic) bond motifs is 1. The standard InChI is InChI=1S/C26H28BNO5/c1-17(28-16-18-13-22(31-3)24(27)23(14-18)32-4)25(29)26(33-12-11-30-2)21-10-9-19-7-5-6-8-20(19)15-21/h5-10,13-17,26H,11-12H2,1-4H3/t17-,26?/m1/s1. The molecule has 3 rings (SSSR count). The SMILES string of the molecule is [B]c1c(OC)cc(C=N[C@H](C)C(=O)C(OCCOC)c2ccc3ccccc3c2)cc1OC. The molecule has 0 saturated heterocycles. The predicted octanol–water partition coefficient (Wildman–Crippen LogP) is 3.43. The number of ether oxygens (including phenoxy) is 4. The lowest BCUT2D eigenvalue weighted by Crippen LogP contribution is -2.26. The second kappa shape index (κ2) is 11.6. The van der Waals surface area contributed by atoms with Crippen molar-refractivity contribution in [3.63, 3.8) is 0 Å². The van der Waals surface area contributed by atoms with Crippen molar-refractivity contribution >= 4 is 36.1 Å². The van der Waals surface area contributed by atoms with Gasteiger partial charge in [-0.25, -0.2) is 0 Å². The fourth-order valence-corrected chi connectivity index (χ4v) is 3.49. The van der Waals surface area contributed by atoms with E-state index in [4.69, 9.17) is 26.8 Å². The van der Waals surface area contributed by atoms with Crippen LogP contribution in [0.2, 0.25) is 0 Å². The predicted molar refractivity (Wildman–Crippen MR) is 132 cm³/mol. The van der Waals surface area contributed by atoms with Gasteiger partial charge in [0.1, 0.15) is 31.5 Å². The number of carbonyl (C=O) groups is 1. The monoisotopic (exact) mass is 445 g/mol. The Morgan fingerprint density at radius 2 is 1.64 bits per heavy atom. The molecule has 0 N–H and O–H groups in total. The van der Waals surface area contributed by atoms with Gasteiger partial charge >= 0.3 is 0 Å². The number of carbonyl (C=O) groups excluding carboxylic acids is 1. The number of nitrogens with zero attached hydrogens (tertiary/aromatic N) is 1. The number of methoxy groups -OCH3 is 3. The van der Waals surface area contributed by atoms with Crippen LogP contribution in [0.5, 0.6) is 11.5 Å². The molecular weight excluding hydrogens is 417 g/mol. The Balaban J connectivity index is 1.85. The van der Waals surface area contributed by atoms with E-state index in [0.29, 0.717) is 35.7 Å². The number of Topliss-reactive ketones (excluding diaryl/α,β-unsaturated/α-hetero) is 1. The minimum Gasteiger partial charge on any atom is -0.497 e. The Labute approximate surface area is 195 Å². The summed E-state index contributed by atoms with van der Waals surface area (Å²) in [4.78, 5) is 17.8. The number of aliphatic imine (C=N–C) groups is 1. The zero-order valence-corrected chi connectivity index (χ0v) is 19.4. The second-order valence-corrected chi connectivity index (χ2v) is 7.55. The van der Waals surface area contributed by atoms with Gasteiger partial charge in [0.05, 0.1) is 27.4 Å². The summed E-state index contributed by atoms with van der Waals surface area (Å²) in [7, 11) is 10.7. The maximum Gasteiger partial charge on any atom is 0.190 e. The molecule has 0 spiro atoms. The molecule has 0 bridgehead atoms. The maximum atomic E-state index is 13.3. The minimum atomic E-state index is -0.757. The first-order chi connectivity index (χ1) is 16.0. The van der Waals surface area contributed by atoms with Gasteiger partial charge in [0, 0.05) is 13.3 Å². The third kappa shape index (κ3) is 6.00. The van der Waals surface area contributed by atoms with Crippen LogP contribution in [0.1, 0.15) is 24.2 Å². The fourth-order valence-electron chi connectivity index (χ4n) is 3.49. The summed E-state index contributed by atoms with van der Waals surface area (Å²) in [5.41, 5.74) is 1.90. The highest BCUT2D eigenvalue weighted by Gasteiger charge is 2.26. The van der Waals surface area contributed by atoms with Gasteiger partial charge in [-0.2, -0.15) is 0 Å². The van der Waals surface area contributed by atoms with Crippen LogP contribution in [0.4, 0.5) is 0 Å². The first kappa shape index (κ1) is 24.5. The summed E-state index contributed by atoms with van der Waals surface area (Å²) in [5, 5.41) is 2.14. The van der Waals surface area contributed by atoms with Crippen LogP contribution in [0.25, 0.3) is 10.8 Å². The van der Waals surface area contributed by atoms with Crippen molar-refractivity contribution in [2.75, 3.05) is 34.5 Å². The lowest BCUT2D eigenvalue weighted by Gasteiger charge is -2.20. The number of hydrogen-bond acceptors (Lipinski definition) is 6. The largest absolute Gasteiger partial charge is 0.497 e. The summed E-state index contributed by atoms with van der Waals surface area (Å²) in [5.74, 6) is 0.811. The highest BCUT2D eigenvalue weighted by molar-refractivity contribution is 6.36. The number of ketones is 1. The number of rotatable bonds is 11. The zero-order chi connectivity index (χ0) is 23.8. The van der Waals surface area contributed by atoms with Crippen molar-refractivity contribution in [2.24, 2.45) is 4.99 Å². The molecule has 2 radical (unpaired) electrons. The molecule has 7 heteroatoms. The Hall–Kier alpha value is -3.16. The van der Waals surface area contributed by atoms with Crippen molar-refractivity contribution < 1.29 is 23.7 Å². The molecule has 0 heterocycles. The van der Waals surface area contributed by atoms with Crippen LogP contribution in [0.15, 0.2) is 59.6 Å². The van der Waals surface area contributed by atoms with Gasteiger partial charge in [0.2, 0.25) is 0 Å². The van der Waals surface area contributed by atoms with Crippen LogP contribution in [-0.4, -0.2) is 60.4 Å². The van der Waals surface area contributed by atoms with E-state index in [2.05, 4.69) is 4.99 Å². The number of benzene rings is 3. The molecule has 0 fully saturated rings. The molecule has 0 amide bonds. The zero-order valence-electron chi connectivity index (χ0n) is 19.4. The van der Waals surface area contributed by atoms with Gasteiger partial charge in [0.15, 0.2) is 5.78 Å². The van der Waals surface area contributed by atoms with Crippen LogP contribution in [-0.2, 0) is 14.3 Å². The molecule has 0 aliphatic carbocycles. The molecule has 0 aromatic heterocycles. The van der Waals surface area contributed by atoms with E-state index in [9.17, 15) is 4.79 Å². The van der Waals surface area contributed by atoms with Gasteiger partial charge in [-0.15, -0.1) is 0 Å². The smallest absolute Gasteiger partial charge is 0.190 e. The molecular formula is C26H28BNO5. The Bertz CT molecular complexity index is 1110. The maximum absolute atomic E-state index is 13.3. The summed E-state index contributed by atoms with van der Waals surface area (Å²) in [6.07, 6.45) is 0.854. The fraction of sp³-hybridized carbons (Fsp3) is 0.308.